The number of carbonyl (C=O) groups excluding carboxylic acids is 1. The maximum atomic E-state index is 11.5. The Morgan fingerprint density at radius 3 is 2.71 bits per heavy atom. The molecule has 1 saturated carbocycles. The summed E-state index contributed by atoms with van der Waals surface area (Å²) < 4.78 is 6.24. The van der Waals surface area contributed by atoms with E-state index in [1.807, 2.05) is 6.20 Å². The van der Waals surface area contributed by atoms with Crippen LogP contribution >= 0.6 is 0 Å². The molecule has 0 aromatic carbocycles. The Kier molecular flexibility index (Phi) is 7.08. The minimum Gasteiger partial charge on any atom is -0.471 e. The van der Waals surface area contributed by atoms with Crippen LogP contribution in [0.5, 0.6) is 5.88 Å². The van der Waals surface area contributed by atoms with E-state index >= 15 is 0 Å². The summed E-state index contributed by atoms with van der Waals surface area (Å²) in [6.07, 6.45) is 5.73. The number of amides is 1. The van der Waals surface area contributed by atoms with E-state index in [-0.39, 0.29) is 23.5 Å². The van der Waals surface area contributed by atoms with Gasteiger partial charge in [-0.15, -0.1) is 6.58 Å². The Morgan fingerprint density at radius 2 is 2.13 bits per heavy atom. The third kappa shape index (κ3) is 6.05. The molecule has 31 heavy (non-hydrogen) atoms. The van der Waals surface area contributed by atoms with Gasteiger partial charge in [-0.3, -0.25) is 4.79 Å². The minimum absolute atomic E-state index is 0.0555. The van der Waals surface area contributed by atoms with Gasteiger partial charge >= 0.3 is 0 Å². The second-order valence-electron chi connectivity index (χ2n) is 10.4. The van der Waals surface area contributed by atoms with E-state index < -0.39 is 17.7 Å². The molecular formula is C24H37N3O4. The van der Waals surface area contributed by atoms with Crippen LogP contribution in [0.15, 0.2) is 24.9 Å². The molecule has 3 atom stereocenters. The fourth-order valence-corrected chi connectivity index (χ4v) is 4.68. The summed E-state index contributed by atoms with van der Waals surface area (Å²) in [7, 11) is 0. The number of pyridine rings is 1. The van der Waals surface area contributed by atoms with Gasteiger partial charge in [0.15, 0.2) is 0 Å². The minimum atomic E-state index is -0.762. The zero-order valence-corrected chi connectivity index (χ0v) is 19.1. The van der Waals surface area contributed by atoms with Crippen LogP contribution in [0.2, 0.25) is 0 Å². The first-order valence-corrected chi connectivity index (χ1v) is 11.2. The summed E-state index contributed by atoms with van der Waals surface area (Å²) in [5, 5.41) is 26.9. The first-order chi connectivity index (χ1) is 14.5. The zero-order chi connectivity index (χ0) is 22.8. The van der Waals surface area contributed by atoms with Crippen molar-refractivity contribution >= 4 is 5.91 Å². The van der Waals surface area contributed by atoms with Gasteiger partial charge in [0, 0.05) is 50.5 Å². The summed E-state index contributed by atoms with van der Waals surface area (Å²) in [5.41, 5.74) is 1.86. The second-order valence-corrected chi connectivity index (χ2v) is 10.4. The fourth-order valence-electron chi connectivity index (χ4n) is 4.68. The number of nitrogens with one attached hydrogen (secondary N) is 2. The van der Waals surface area contributed by atoms with Gasteiger partial charge in [-0.05, 0) is 29.9 Å². The van der Waals surface area contributed by atoms with Crippen molar-refractivity contribution in [2.75, 3.05) is 6.54 Å². The molecule has 0 bridgehead atoms. The number of fused-ring (bicyclic) bond motifs is 1. The topological polar surface area (TPSA) is 104 Å². The third-order valence-corrected chi connectivity index (χ3v) is 6.00. The maximum absolute atomic E-state index is 11.5. The van der Waals surface area contributed by atoms with Crippen LogP contribution in [0, 0.1) is 5.41 Å². The average Bonchev–Trinajstić information content (AvgIpc) is 2.63. The molecule has 1 spiro atoms. The Labute approximate surface area is 185 Å². The van der Waals surface area contributed by atoms with E-state index in [1.54, 1.807) is 6.08 Å². The molecule has 0 saturated heterocycles. The van der Waals surface area contributed by atoms with Crippen molar-refractivity contribution in [1.82, 2.24) is 15.6 Å². The van der Waals surface area contributed by atoms with E-state index in [0.717, 1.165) is 17.5 Å². The predicted octanol–water partition coefficient (Wildman–Crippen LogP) is 2.42. The Hall–Kier alpha value is -1.96. The van der Waals surface area contributed by atoms with Crippen molar-refractivity contribution in [3.8, 4) is 5.88 Å². The van der Waals surface area contributed by atoms with Crippen LogP contribution in [-0.2, 0) is 11.2 Å². The molecule has 1 fully saturated rings. The number of nitrogens with zero attached hydrogens (tertiary/aromatic N) is 1. The molecular weight excluding hydrogens is 394 g/mol. The van der Waals surface area contributed by atoms with Gasteiger partial charge in [-0.1, -0.05) is 26.8 Å². The molecule has 172 valence electrons. The number of rotatable bonds is 8. The first-order valence-electron chi connectivity index (χ1n) is 11.2. The Bertz CT molecular complexity index is 799. The standard InChI is InChI=1S/C24H37N3O4/c1-6-7-19(27-15(2)28)21(30)14-25-20-12-24(10-17(29)11-24)31-22-18(20)8-16(13-26-22)9-23(3,4)5/h6,8,13,17,19-21,25,29-30H,1,7,9-12,14H2,2-5H3,(H,27,28)/t17?,19-,20?,21+,24?/m0/s1. The highest BCUT2D eigenvalue weighted by atomic mass is 16.5. The molecule has 7 nitrogen and oxygen atoms in total. The lowest BCUT2D eigenvalue weighted by atomic mass is 9.71. The largest absolute Gasteiger partial charge is 0.471 e. The Balaban J connectivity index is 1.78. The fraction of sp³-hybridized carbons (Fsp3) is 0.667. The quantitative estimate of drug-likeness (QED) is 0.472. The van der Waals surface area contributed by atoms with Crippen molar-refractivity contribution in [2.45, 2.75) is 89.7 Å². The van der Waals surface area contributed by atoms with E-state index in [4.69, 9.17) is 4.74 Å². The highest BCUT2D eigenvalue weighted by Gasteiger charge is 2.51. The summed E-state index contributed by atoms with van der Waals surface area (Å²) in [5.74, 6) is 0.424. The van der Waals surface area contributed by atoms with Gasteiger partial charge in [0.1, 0.15) is 5.60 Å². The number of aliphatic hydroxyl groups is 2. The lowest BCUT2D eigenvalue weighted by Gasteiger charge is -2.50. The number of hydrogen-bond acceptors (Lipinski definition) is 6. The first kappa shape index (κ1) is 23.7. The summed E-state index contributed by atoms with van der Waals surface area (Å²) in [6.45, 7) is 12.1. The maximum Gasteiger partial charge on any atom is 0.218 e. The zero-order valence-electron chi connectivity index (χ0n) is 19.1. The van der Waals surface area contributed by atoms with E-state index in [2.05, 4.69) is 49.0 Å². The summed E-state index contributed by atoms with van der Waals surface area (Å²) in [6, 6.07) is 1.70. The van der Waals surface area contributed by atoms with Crippen LogP contribution in [0.4, 0.5) is 0 Å². The monoisotopic (exact) mass is 431 g/mol. The highest BCUT2D eigenvalue weighted by Crippen LogP contribution is 2.48. The van der Waals surface area contributed by atoms with E-state index in [9.17, 15) is 15.0 Å². The van der Waals surface area contributed by atoms with Crippen molar-refractivity contribution in [1.29, 1.82) is 0 Å². The van der Waals surface area contributed by atoms with Gasteiger partial charge < -0.3 is 25.6 Å². The molecule has 1 aliphatic heterocycles. The molecule has 1 aromatic heterocycles. The predicted molar refractivity (Wildman–Crippen MR) is 120 cm³/mol. The summed E-state index contributed by atoms with van der Waals surface area (Å²) in [4.78, 5) is 16.1. The molecule has 1 amide bonds. The van der Waals surface area contributed by atoms with Gasteiger partial charge in [-0.25, -0.2) is 4.98 Å². The number of ether oxygens (including phenoxy) is 1. The number of hydrogen-bond donors (Lipinski definition) is 4. The molecule has 1 aliphatic carbocycles. The van der Waals surface area contributed by atoms with E-state index in [0.29, 0.717) is 38.1 Å². The van der Waals surface area contributed by atoms with Gasteiger partial charge in [0.25, 0.3) is 0 Å². The van der Waals surface area contributed by atoms with Crippen LogP contribution in [0.25, 0.3) is 0 Å². The second kappa shape index (κ2) is 9.27. The molecule has 0 radical (unpaired) electrons. The van der Waals surface area contributed by atoms with Crippen LogP contribution in [0.3, 0.4) is 0 Å². The van der Waals surface area contributed by atoms with Crippen LogP contribution in [-0.4, -0.2) is 51.5 Å². The third-order valence-electron chi connectivity index (χ3n) is 6.00. The van der Waals surface area contributed by atoms with Crippen LogP contribution in [0.1, 0.15) is 70.5 Å². The van der Waals surface area contributed by atoms with Gasteiger partial charge in [0.05, 0.1) is 18.2 Å². The molecule has 1 aromatic rings. The molecule has 3 rings (SSSR count). The molecule has 2 aliphatic rings. The lowest BCUT2D eigenvalue weighted by molar-refractivity contribution is -0.120. The smallest absolute Gasteiger partial charge is 0.218 e. The number of aromatic nitrogens is 1. The summed E-state index contributed by atoms with van der Waals surface area (Å²) >= 11 is 0. The van der Waals surface area contributed by atoms with Crippen molar-refractivity contribution in [3.05, 3.63) is 36.0 Å². The molecule has 2 heterocycles. The molecule has 7 heteroatoms. The van der Waals surface area contributed by atoms with Crippen molar-refractivity contribution in [2.24, 2.45) is 5.41 Å². The van der Waals surface area contributed by atoms with Crippen molar-refractivity contribution < 1.29 is 19.7 Å². The number of aliphatic hydroxyl groups excluding tert-OH is 2. The van der Waals surface area contributed by atoms with E-state index in [1.165, 1.54) is 6.92 Å². The molecule has 4 N–H and O–H groups in total. The molecule has 1 unspecified atom stereocenters. The van der Waals surface area contributed by atoms with Crippen LogP contribution < -0.4 is 15.4 Å². The lowest BCUT2D eigenvalue weighted by Crippen LogP contribution is -2.56. The highest BCUT2D eigenvalue weighted by molar-refractivity contribution is 5.73. The Morgan fingerprint density at radius 1 is 1.42 bits per heavy atom. The van der Waals surface area contributed by atoms with Gasteiger partial charge in [-0.2, -0.15) is 0 Å². The SMILES string of the molecule is C=CC[C@H](NC(C)=O)[C@H](O)CNC1CC2(CC(O)C2)Oc2ncc(CC(C)(C)C)cc21. The average molecular weight is 432 g/mol. The van der Waals surface area contributed by atoms with Gasteiger partial charge in [0.2, 0.25) is 11.8 Å². The van der Waals surface area contributed by atoms with Crippen molar-refractivity contribution in [3.63, 3.8) is 0 Å². The number of carbonyl (C=O) groups is 1. The normalized spacial score (nSPS) is 26.9.